The summed E-state index contributed by atoms with van der Waals surface area (Å²) in [5.74, 6) is -1.17. The molecule has 158 valence electrons. The Labute approximate surface area is 177 Å². The molecular formula is C24H19F2NO4. The molecule has 0 bridgehead atoms. The van der Waals surface area contributed by atoms with Crippen LogP contribution in [0.4, 0.5) is 14.5 Å². The molecule has 0 aliphatic rings. The molecule has 3 aromatic carbocycles. The van der Waals surface area contributed by atoms with Crippen molar-refractivity contribution in [2.45, 2.75) is 6.61 Å². The normalized spacial score (nSPS) is 10.8. The lowest BCUT2D eigenvalue weighted by molar-refractivity contribution is -0.142. The van der Waals surface area contributed by atoms with Gasteiger partial charge in [0.15, 0.2) is 6.61 Å². The highest BCUT2D eigenvalue weighted by molar-refractivity contribution is 5.97. The monoisotopic (exact) mass is 423 g/mol. The minimum atomic E-state index is -2.90. The second kappa shape index (κ2) is 10.7. The fraction of sp³-hybridized carbons (Fsp3) is 0.0833. The van der Waals surface area contributed by atoms with Crippen LogP contribution in [-0.2, 0) is 14.3 Å². The number of nitrogens with one attached hydrogen (secondary N) is 1. The van der Waals surface area contributed by atoms with E-state index in [0.29, 0.717) is 11.3 Å². The van der Waals surface area contributed by atoms with E-state index in [-0.39, 0.29) is 5.75 Å². The summed E-state index contributed by atoms with van der Waals surface area (Å²) in [5, 5.41) is 2.74. The average Bonchev–Trinajstić information content (AvgIpc) is 2.78. The molecule has 0 radical (unpaired) electrons. The Balaban J connectivity index is 1.52. The van der Waals surface area contributed by atoms with Gasteiger partial charge in [-0.25, -0.2) is 4.79 Å². The van der Waals surface area contributed by atoms with Crippen molar-refractivity contribution in [2.24, 2.45) is 0 Å². The van der Waals surface area contributed by atoms with Crippen molar-refractivity contribution in [3.8, 4) is 16.9 Å². The number of anilines is 1. The Morgan fingerprint density at radius 1 is 0.903 bits per heavy atom. The largest absolute Gasteiger partial charge is 0.452 e. The lowest BCUT2D eigenvalue weighted by Crippen LogP contribution is -2.20. The lowest BCUT2D eigenvalue weighted by atomic mass is 10.0. The van der Waals surface area contributed by atoms with E-state index in [4.69, 9.17) is 4.74 Å². The number of carbonyl (C=O) groups is 2. The fourth-order valence-electron chi connectivity index (χ4n) is 2.76. The molecule has 3 aromatic rings. The molecule has 0 saturated carbocycles. The summed E-state index contributed by atoms with van der Waals surface area (Å²) in [4.78, 5) is 24.1. The number of hydrogen-bond donors (Lipinski definition) is 1. The van der Waals surface area contributed by atoms with E-state index in [9.17, 15) is 18.4 Å². The zero-order valence-corrected chi connectivity index (χ0v) is 16.3. The minimum Gasteiger partial charge on any atom is -0.452 e. The Hall–Kier alpha value is -4.00. The summed E-state index contributed by atoms with van der Waals surface area (Å²) in [6.07, 6.45) is 2.59. The van der Waals surface area contributed by atoms with Crippen molar-refractivity contribution in [1.82, 2.24) is 0 Å². The molecule has 0 aromatic heterocycles. The number of rotatable bonds is 8. The second-order valence-electron chi connectivity index (χ2n) is 6.35. The summed E-state index contributed by atoms with van der Waals surface area (Å²) >= 11 is 0. The number of carbonyl (C=O) groups excluding carboxylic acids is 2. The molecule has 0 heterocycles. The molecule has 0 spiro atoms. The first-order valence-corrected chi connectivity index (χ1v) is 9.35. The van der Waals surface area contributed by atoms with E-state index in [1.165, 1.54) is 30.3 Å². The van der Waals surface area contributed by atoms with Crippen LogP contribution in [0, 0.1) is 0 Å². The molecule has 5 nitrogen and oxygen atoms in total. The predicted octanol–water partition coefficient (Wildman–Crippen LogP) is 5.15. The average molecular weight is 423 g/mol. The first kappa shape index (κ1) is 21.7. The molecule has 0 unspecified atom stereocenters. The van der Waals surface area contributed by atoms with Crippen LogP contribution in [-0.4, -0.2) is 25.1 Å². The van der Waals surface area contributed by atoms with Crippen LogP contribution in [0.1, 0.15) is 5.56 Å². The summed E-state index contributed by atoms with van der Waals surface area (Å²) in [5.41, 5.74) is 2.99. The number of amides is 1. The Bertz CT molecular complexity index is 1050. The zero-order chi connectivity index (χ0) is 22.1. The smallest absolute Gasteiger partial charge is 0.387 e. The number of hydrogen-bond acceptors (Lipinski definition) is 4. The molecule has 3 rings (SSSR count). The minimum absolute atomic E-state index is 0.0159. The van der Waals surface area contributed by atoms with Gasteiger partial charge in [-0.2, -0.15) is 8.78 Å². The zero-order valence-electron chi connectivity index (χ0n) is 16.3. The van der Waals surface area contributed by atoms with Crippen molar-refractivity contribution in [1.29, 1.82) is 0 Å². The van der Waals surface area contributed by atoms with Gasteiger partial charge in [0, 0.05) is 17.3 Å². The van der Waals surface area contributed by atoms with Gasteiger partial charge in [0.1, 0.15) is 5.75 Å². The van der Waals surface area contributed by atoms with Crippen LogP contribution in [0.25, 0.3) is 17.2 Å². The molecular weight excluding hydrogens is 404 g/mol. The van der Waals surface area contributed by atoms with Crippen LogP contribution < -0.4 is 10.1 Å². The highest BCUT2D eigenvalue weighted by Gasteiger charge is 2.10. The van der Waals surface area contributed by atoms with Crippen molar-refractivity contribution >= 4 is 23.6 Å². The molecule has 31 heavy (non-hydrogen) atoms. The second-order valence-corrected chi connectivity index (χ2v) is 6.35. The Morgan fingerprint density at radius 2 is 1.58 bits per heavy atom. The number of ether oxygens (including phenoxy) is 2. The van der Waals surface area contributed by atoms with Gasteiger partial charge in [-0.15, -0.1) is 0 Å². The summed E-state index contributed by atoms with van der Waals surface area (Å²) < 4.78 is 33.5. The van der Waals surface area contributed by atoms with Crippen molar-refractivity contribution < 1.29 is 27.8 Å². The number of benzene rings is 3. The SMILES string of the molecule is O=C(COC(=O)C=Cc1ccc(OC(F)F)cc1)Nc1ccccc1-c1ccccc1. The third-order valence-corrected chi connectivity index (χ3v) is 4.15. The molecule has 0 aliphatic heterocycles. The van der Waals surface area contributed by atoms with Crippen molar-refractivity contribution in [3.63, 3.8) is 0 Å². The maximum Gasteiger partial charge on any atom is 0.387 e. The van der Waals surface area contributed by atoms with Gasteiger partial charge >= 0.3 is 12.6 Å². The maximum atomic E-state index is 12.2. The van der Waals surface area contributed by atoms with Gasteiger partial charge in [-0.05, 0) is 35.4 Å². The molecule has 7 heteroatoms. The van der Waals surface area contributed by atoms with Crippen LogP contribution in [0.15, 0.2) is 84.9 Å². The lowest BCUT2D eigenvalue weighted by Gasteiger charge is -2.11. The van der Waals surface area contributed by atoms with Crippen LogP contribution in [0.2, 0.25) is 0 Å². The van der Waals surface area contributed by atoms with Gasteiger partial charge in [0.2, 0.25) is 0 Å². The van der Waals surface area contributed by atoms with Crippen LogP contribution in [0.3, 0.4) is 0 Å². The van der Waals surface area contributed by atoms with Gasteiger partial charge in [-0.1, -0.05) is 60.7 Å². The summed E-state index contributed by atoms with van der Waals surface area (Å²) in [7, 11) is 0. The molecule has 0 saturated heterocycles. The van der Waals surface area contributed by atoms with E-state index < -0.39 is 25.1 Å². The van der Waals surface area contributed by atoms with E-state index in [2.05, 4.69) is 10.1 Å². The highest BCUT2D eigenvalue weighted by Crippen LogP contribution is 2.27. The molecule has 1 N–H and O–H groups in total. The third-order valence-electron chi connectivity index (χ3n) is 4.15. The fourth-order valence-corrected chi connectivity index (χ4v) is 2.76. The standard InChI is InChI=1S/C24H19F2NO4/c25-24(26)31-19-13-10-17(11-14-19)12-15-23(29)30-16-22(28)27-21-9-5-4-8-20(21)18-6-2-1-3-7-18/h1-15,24H,16H2,(H,27,28). The maximum absolute atomic E-state index is 12.2. The molecule has 1 amide bonds. The molecule has 0 atom stereocenters. The number of alkyl halides is 2. The van der Waals surface area contributed by atoms with E-state index in [0.717, 1.165) is 17.2 Å². The van der Waals surface area contributed by atoms with E-state index >= 15 is 0 Å². The van der Waals surface area contributed by atoms with Gasteiger partial charge in [-0.3, -0.25) is 4.79 Å². The highest BCUT2D eigenvalue weighted by atomic mass is 19.3. The third kappa shape index (κ3) is 6.78. The first-order chi connectivity index (χ1) is 15.0. The predicted molar refractivity (Wildman–Crippen MR) is 114 cm³/mol. The van der Waals surface area contributed by atoms with E-state index in [1.54, 1.807) is 12.1 Å². The summed E-state index contributed by atoms with van der Waals surface area (Å²) in [6, 6.07) is 22.6. The molecule has 0 aliphatic carbocycles. The first-order valence-electron chi connectivity index (χ1n) is 9.35. The quantitative estimate of drug-likeness (QED) is 0.402. The van der Waals surface area contributed by atoms with Crippen LogP contribution >= 0.6 is 0 Å². The van der Waals surface area contributed by atoms with Gasteiger partial charge < -0.3 is 14.8 Å². The number of halogens is 2. The summed E-state index contributed by atoms with van der Waals surface area (Å²) in [6.45, 7) is -3.35. The molecule has 0 fully saturated rings. The van der Waals surface area contributed by atoms with Crippen LogP contribution in [0.5, 0.6) is 5.75 Å². The number of esters is 1. The topological polar surface area (TPSA) is 64.6 Å². The van der Waals surface area contributed by atoms with Gasteiger partial charge in [0.05, 0.1) is 0 Å². The number of para-hydroxylation sites is 1. The Kier molecular flexibility index (Phi) is 7.48. The van der Waals surface area contributed by atoms with E-state index in [1.807, 2.05) is 42.5 Å². The van der Waals surface area contributed by atoms with Crippen molar-refractivity contribution in [2.75, 3.05) is 11.9 Å². The van der Waals surface area contributed by atoms with Crippen molar-refractivity contribution in [3.05, 3.63) is 90.5 Å². The Morgan fingerprint density at radius 3 is 2.29 bits per heavy atom. The van der Waals surface area contributed by atoms with Gasteiger partial charge in [0.25, 0.3) is 5.91 Å².